The molecule has 0 radical (unpaired) electrons. The van der Waals surface area contributed by atoms with E-state index < -0.39 is 0 Å². The van der Waals surface area contributed by atoms with E-state index >= 15 is 0 Å². The molecule has 1 fully saturated rings. The summed E-state index contributed by atoms with van der Waals surface area (Å²) >= 11 is 0. The Morgan fingerprint density at radius 3 is 3.00 bits per heavy atom. The van der Waals surface area contributed by atoms with E-state index in [2.05, 4.69) is 11.8 Å². The van der Waals surface area contributed by atoms with Gasteiger partial charge in [0, 0.05) is 25.6 Å². The second-order valence-electron chi connectivity index (χ2n) is 4.24. The molecule has 1 aliphatic heterocycles. The molecule has 0 amide bonds. The highest BCUT2D eigenvalue weighted by Gasteiger charge is 2.25. The van der Waals surface area contributed by atoms with E-state index in [1.54, 1.807) is 0 Å². The molecule has 0 aliphatic carbocycles. The van der Waals surface area contributed by atoms with Crippen molar-refractivity contribution in [3.63, 3.8) is 0 Å². The molecule has 0 aromatic rings. The van der Waals surface area contributed by atoms with Crippen LogP contribution < -0.4 is 5.73 Å². The second-order valence-corrected chi connectivity index (χ2v) is 4.24. The van der Waals surface area contributed by atoms with Crippen molar-refractivity contribution in [1.29, 1.82) is 5.41 Å². The fraction of sp³-hybridized carbons (Fsp3) is 0.900. The Bertz CT molecular complexity index is 196. The number of nitrogens with two attached hydrogens (primary N) is 1. The zero-order valence-electron chi connectivity index (χ0n) is 8.87. The summed E-state index contributed by atoms with van der Waals surface area (Å²) in [6, 6.07) is 0.371. The molecule has 1 aliphatic rings. The van der Waals surface area contributed by atoms with Crippen molar-refractivity contribution in [1.82, 2.24) is 4.90 Å². The van der Waals surface area contributed by atoms with E-state index in [1.807, 2.05) is 0 Å². The minimum absolute atomic E-state index is 0.267. The van der Waals surface area contributed by atoms with Crippen molar-refractivity contribution in [2.75, 3.05) is 19.7 Å². The topological polar surface area (TPSA) is 73.3 Å². The number of nitrogens with zero attached hydrogens (tertiary/aromatic N) is 1. The third-order valence-corrected chi connectivity index (χ3v) is 2.99. The molecule has 0 aromatic heterocycles. The van der Waals surface area contributed by atoms with Gasteiger partial charge in [0.1, 0.15) is 0 Å². The van der Waals surface area contributed by atoms with Crippen LogP contribution >= 0.6 is 0 Å². The molecule has 4 N–H and O–H groups in total. The van der Waals surface area contributed by atoms with Gasteiger partial charge in [-0.15, -0.1) is 0 Å². The first-order valence-electron chi connectivity index (χ1n) is 5.31. The van der Waals surface area contributed by atoms with Gasteiger partial charge in [-0.25, -0.2) is 0 Å². The third-order valence-electron chi connectivity index (χ3n) is 2.99. The number of hydrogen-bond donors (Lipinski definition) is 3. The van der Waals surface area contributed by atoms with Gasteiger partial charge in [-0.1, -0.05) is 0 Å². The standard InChI is InChI=1S/C10H21N3O/c1-8(6-10(11)12)13-4-2-9(7-13)3-5-14/h8-9,14H,2-7H2,1H3,(H3,11,12). The average Bonchev–Trinajstić information content (AvgIpc) is 2.52. The molecule has 4 heteroatoms. The van der Waals surface area contributed by atoms with Gasteiger partial charge in [0.25, 0.3) is 0 Å². The molecule has 0 aromatic carbocycles. The van der Waals surface area contributed by atoms with Crippen molar-refractivity contribution in [3.8, 4) is 0 Å². The molecule has 14 heavy (non-hydrogen) atoms. The zero-order valence-corrected chi connectivity index (χ0v) is 8.87. The Morgan fingerprint density at radius 2 is 2.43 bits per heavy atom. The van der Waals surface area contributed by atoms with Crippen molar-refractivity contribution >= 4 is 5.84 Å². The molecule has 1 rings (SSSR count). The van der Waals surface area contributed by atoms with E-state index in [4.69, 9.17) is 16.2 Å². The van der Waals surface area contributed by atoms with Crippen LogP contribution in [0.5, 0.6) is 0 Å². The maximum atomic E-state index is 8.82. The number of rotatable bonds is 5. The number of amidine groups is 1. The maximum Gasteiger partial charge on any atom is 0.0920 e. The highest BCUT2D eigenvalue weighted by molar-refractivity contribution is 5.77. The van der Waals surface area contributed by atoms with Gasteiger partial charge >= 0.3 is 0 Å². The third kappa shape index (κ3) is 3.27. The first-order valence-corrected chi connectivity index (χ1v) is 5.31. The van der Waals surface area contributed by atoms with E-state index in [9.17, 15) is 0 Å². The highest BCUT2D eigenvalue weighted by atomic mass is 16.3. The lowest BCUT2D eigenvalue weighted by Crippen LogP contribution is -2.34. The lowest BCUT2D eigenvalue weighted by atomic mass is 10.1. The Labute approximate surface area is 85.6 Å². The van der Waals surface area contributed by atoms with Crippen molar-refractivity contribution < 1.29 is 5.11 Å². The molecular formula is C10H21N3O. The van der Waals surface area contributed by atoms with Crippen LogP contribution in [0.2, 0.25) is 0 Å². The summed E-state index contributed by atoms with van der Waals surface area (Å²) in [5.74, 6) is 0.900. The number of aliphatic hydroxyl groups is 1. The minimum Gasteiger partial charge on any atom is -0.396 e. The lowest BCUT2D eigenvalue weighted by Gasteiger charge is -2.23. The van der Waals surface area contributed by atoms with Gasteiger partial charge in [0.15, 0.2) is 0 Å². The fourth-order valence-corrected chi connectivity index (χ4v) is 2.13. The van der Waals surface area contributed by atoms with Crippen LogP contribution in [0.1, 0.15) is 26.2 Å². The second kappa shape index (κ2) is 5.32. The predicted octanol–water partition coefficient (Wildman–Crippen LogP) is 0.405. The average molecular weight is 199 g/mol. The van der Waals surface area contributed by atoms with Crippen molar-refractivity contribution in [2.24, 2.45) is 11.7 Å². The van der Waals surface area contributed by atoms with E-state index in [-0.39, 0.29) is 5.84 Å². The quantitative estimate of drug-likeness (QED) is 0.443. The van der Waals surface area contributed by atoms with Crippen LogP contribution in [0.15, 0.2) is 0 Å². The summed E-state index contributed by atoms with van der Waals surface area (Å²) in [4.78, 5) is 2.36. The summed E-state index contributed by atoms with van der Waals surface area (Å²) in [6.45, 7) is 4.54. The number of likely N-dealkylation sites (tertiary alicyclic amines) is 1. The molecule has 4 nitrogen and oxygen atoms in total. The molecule has 2 atom stereocenters. The Morgan fingerprint density at radius 1 is 1.71 bits per heavy atom. The molecule has 82 valence electrons. The summed E-state index contributed by atoms with van der Waals surface area (Å²) in [6.07, 6.45) is 2.73. The Hall–Kier alpha value is -0.610. The molecule has 0 saturated carbocycles. The largest absolute Gasteiger partial charge is 0.396 e. The molecule has 1 saturated heterocycles. The summed E-state index contributed by atoms with van der Waals surface area (Å²) in [5.41, 5.74) is 5.37. The van der Waals surface area contributed by atoms with Crippen LogP contribution in [-0.2, 0) is 0 Å². The molecule has 1 heterocycles. The number of aliphatic hydroxyl groups excluding tert-OH is 1. The van der Waals surface area contributed by atoms with Gasteiger partial charge in [-0.05, 0) is 32.2 Å². The first kappa shape index (κ1) is 11.5. The van der Waals surface area contributed by atoms with Gasteiger partial charge in [-0.3, -0.25) is 10.3 Å². The molecule has 0 spiro atoms. The summed E-state index contributed by atoms with van der Waals surface area (Å²) < 4.78 is 0. The predicted molar refractivity (Wildman–Crippen MR) is 57.4 cm³/mol. The van der Waals surface area contributed by atoms with Gasteiger partial charge < -0.3 is 10.8 Å². The SMILES string of the molecule is CC(CC(=N)N)N1CCC(CCO)C1. The minimum atomic E-state index is 0.267. The van der Waals surface area contributed by atoms with Gasteiger partial charge in [0.05, 0.1) is 5.84 Å². The van der Waals surface area contributed by atoms with Crippen LogP contribution in [0, 0.1) is 11.3 Å². The van der Waals surface area contributed by atoms with Crippen LogP contribution in [0.4, 0.5) is 0 Å². The van der Waals surface area contributed by atoms with E-state index in [0.29, 0.717) is 25.0 Å². The first-order chi connectivity index (χ1) is 6.63. The van der Waals surface area contributed by atoms with Gasteiger partial charge in [0.2, 0.25) is 0 Å². The van der Waals surface area contributed by atoms with Crippen LogP contribution in [0.25, 0.3) is 0 Å². The summed E-state index contributed by atoms with van der Waals surface area (Å²) in [5, 5.41) is 16.1. The normalized spacial score (nSPS) is 25.1. The van der Waals surface area contributed by atoms with Gasteiger partial charge in [-0.2, -0.15) is 0 Å². The monoisotopic (exact) mass is 199 g/mol. The fourth-order valence-electron chi connectivity index (χ4n) is 2.13. The molecular weight excluding hydrogens is 178 g/mol. The Kier molecular flexibility index (Phi) is 4.35. The maximum absolute atomic E-state index is 8.82. The zero-order chi connectivity index (χ0) is 10.6. The van der Waals surface area contributed by atoms with Crippen molar-refractivity contribution in [2.45, 2.75) is 32.2 Å². The van der Waals surface area contributed by atoms with E-state index in [0.717, 1.165) is 19.5 Å². The number of hydrogen-bond acceptors (Lipinski definition) is 3. The van der Waals surface area contributed by atoms with Crippen LogP contribution in [-0.4, -0.2) is 41.6 Å². The molecule has 0 bridgehead atoms. The summed E-state index contributed by atoms with van der Waals surface area (Å²) in [7, 11) is 0. The van der Waals surface area contributed by atoms with E-state index in [1.165, 1.54) is 6.42 Å². The van der Waals surface area contributed by atoms with Crippen LogP contribution in [0.3, 0.4) is 0 Å². The van der Waals surface area contributed by atoms with Crippen molar-refractivity contribution in [3.05, 3.63) is 0 Å². The highest BCUT2D eigenvalue weighted by Crippen LogP contribution is 2.21. The number of nitrogens with one attached hydrogen (secondary N) is 1. The smallest absolute Gasteiger partial charge is 0.0920 e. The Balaban J connectivity index is 2.30. The lowest BCUT2D eigenvalue weighted by molar-refractivity contribution is 0.230. The molecule has 2 unspecified atom stereocenters.